The molecule has 0 aliphatic heterocycles. The van der Waals surface area contributed by atoms with Crippen molar-refractivity contribution in [2.45, 2.75) is 52.9 Å². The Hall–Kier alpha value is -0.330. The lowest BCUT2D eigenvalue weighted by Crippen LogP contribution is -2.56. The standard InChI is InChI=1S/C15H22O/c1-9-4-5-12(16)15-7-11-10(6-14(9,15)3)13(11,2)8-15/h9-11H,4-8H2,1-3H3/t9-,10+,11?,13+,14+,15-/m1/s1. The van der Waals surface area contributed by atoms with Gasteiger partial charge in [-0.3, -0.25) is 4.79 Å². The van der Waals surface area contributed by atoms with E-state index in [9.17, 15) is 4.79 Å². The van der Waals surface area contributed by atoms with E-state index < -0.39 is 0 Å². The lowest BCUT2D eigenvalue weighted by atomic mass is 9.45. The van der Waals surface area contributed by atoms with Gasteiger partial charge in [0.2, 0.25) is 0 Å². The van der Waals surface area contributed by atoms with Crippen molar-refractivity contribution < 1.29 is 4.79 Å². The van der Waals surface area contributed by atoms with Gasteiger partial charge in [-0.15, -0.1) is 0 Å². The van der Waals surface area contributed by atoms with E-state index >= 15 is 0 Å². The van der Waals surface area contributed by atoms with Crippen molar-refractivity contribution in [2.24, 2.45) is 34.0 Å². The number of hydrogen-bond acceptors (Lipinski definition) is 1. The van der Waals surface area contributed by atoms with Crippen molar-refractivity contribution in [1.29, 1.82) is 0 Å². The third-order valence-electron chi connectivity index (χ3n) is 7.48. The third kappa shape index (κ3) is 0.708. The molecule has 1 heteroatoms. The highest BCUT2D eigenvalue weighted by Crippen LogP contribution is 2.85. The zero-order chi connectivity index (χ0) is 11.3. The summed E-state index contributed by atoms with van der Waals surface area (Å²) in [5.74, 6) is 3.26. The van der Waals surface area contributed by atoms with E-state index in [4.69, 9.17) is 0 Å². The summed E-state index contributed by atoms with van der Waals surface area (Å²) in [6.07, 6.45) is 5.83. The maximum atomic E-state index is 12.5. The van der Waals surface area contributed by atoms with Crippen molar-refractivity contribution in [3.63, 3.8) is 0 Å². The van der Waals surface area contributed by atoms with Gasteiger partial charge in [0.25, 0.3) is 0 Å². The molecule has 0 radical (unpaired) electrons. The first-order valence-corrected chi connectivity index (χ1v) is 6.97. The Morgan fingerprint density at radius 3 is 2.50 bits per heavy atom. The summed E-state index contributed by atoms with van der Waals surface area (Å²) in [6.45, 7) is 7.28. The molecule has 5 aliphatic rings. The first kappa shape index (κ1) is 9.67. The fraction of sp³-hybridized carbons (Fsp3) is 0.933. The summed E-state index contributed by atoms with van der Waals surface area (Å²) in [4.78, 5) is 12.5. The van der Waals surface area contributed by atoms with Gasteiger partial charge in [0.05, 0.1) is 0 Å². The summed E-state index contributed by atoms with van der Waals surface area (Å²) in [6, 6.07) is 0. The Morgan fingerprint density at radius 1 is 1.19 bits per heavy atom. The molecule has 5 aliphatic carbocycles. The van der Waals surface area contributed by atoms with Gasteiger partial charge >= 0.3 is 0 Å². The van der Waals surface area contributed by atoms with Crippen LogP contribution < -0.4 is 0 Å². The highest BCUT2D eigenvalue weighted by atomic mass is 16.1. The predicted octanol–water partition coefficient (Wildman–Crippen LogP) is 3.43. The average molecular weight is 218 g/mol. The number of carbonyl (C=O) groups is 1. The summed E-state index contributed by atoms with van der Waals surface area (Å²) in [7, 11) is 0. The topological polar surface area (TPSA) is 17.1 Å². The van der Waals surface area contributed by atoms with Crippen molar-refractivity contribution >= 4 is 5.78 Å². The van der Waals surface area contributed by atoms with Gasteiger partial charge in [-0.1, -0.05) is 20.8 Å². The number of Topliss-reactive ketones (excluding diaryl/α,β-unsaturated/α-hetero) is 1. The fourth-order valence-corrected chi connectivity index (χ4v) is 6.07. The Balaban J connectivity index is 1.87. The Morgan fingerprint density at radius 2 is 1.88 bits per heavy atom. The van der Waals surface area contributed by atoms with Crippen molar-refractivity contribution in [1.82, 2.24) is 0 Å². The zero-order valence-corrected chi connectivity index (χ0v) is 10.7. The normalized spacial score (nSPS) is 66.7. The summed E-state index contributed by atoms with van der Waals surface area (Å²) >= 11 is 0. The molecule has 5 rings (SSSR count). The van der Waals surface area contributed by atoms with E-state index in [0.29, 0.717) is 16.6 Å². The van der Waals surface area contributed by atoms with Crippen molar-refractivity contribution in [3.05, 3.63) is 0 Å². The quantitative estimate of drug-likeness (QED) is 0.609. The Labute approximate surface area is 98.0 Å². The maximum Gasteiger partial charge on any atom is 0.139 e. The molecule has 5 saturated carbocycles. The smallest absolute Gasteiger partial charge is 0.139 e. The maximum absolute atomic E-state index is 12.5. The second-order valence-corrected chi connectivity index (χ2v) is 7.67. The minimum atomic E-state index is 0.110. The summed E-state index contributed by atoms with van der Waals surface area (Å²) in [5.41, 5.74) is 1.03. The van der Waals surface area contributed by atoms with E-state index in [2.05, 4.69) is 20.8 Å². The van der Waals surface area contributed by atoms with Crippen LogP contribution in [0, 0.1) is 34.0 Å². The molecule has 5 fully saturated rings. The molecule has 1 spiro atoms. The number of carbonyl (C=O) groups excluding carboxylic acids is 1. The van der Waals surface area contributed by atoms with Crippen LogP contribution in [0.15, 0.2) is 0 Å². The van der Waals surface area contributed by atoms with Crippen LogP contribution in [0.1, 0.15) is 52.9 Å². The molecule has 16 heavy (non-hydrogen) atoms. The van der Waals surface area contributed by atoms with Gasteiger partial charge < -0.3 is 0 Å². The summed E-state index contributed by atoms with van der Waals surface area (Å²) in [5, 5.41) is 0. The Kier molecular flexibility index (Phi) is 1.38. The predicted molar refractivity (Wildman–Crippen MR) is 62.9 cm³/mol. The first-order valence-electron chi connectivity index (χ1n) is 6.97. The molecule has 0 aromatic carbocycles. The molecule has 4 bridgehead atoms. The van der Waals surface area contributed by atoms with Crippen LogP contribution in [0.5, 0.6) is 0 Å². The zero-order valence-electron chi connectivity index (χ0n) is 10.7. The first-order chi connectivity index (χ1) is 7.44. The molecule has 0 amide bonds. The van der Waals surface area contributed by atoms with Crippen LogP contribution in [0.25, 0.3) is 0 Å². The van der Waals surface area contributed by atoms with E-state index in [-0.39, 0.29) is 5.41 Å². The van der Waals surface area contributed by atoms with Crippen LogP contribution in [0.3, 0.4) is 0 Å². The van der Waals surface area contributed by atoms with Gasteiger partial charge in [0, 0.05) is 11.8 Å². The van der Waals surface area contributed by atoms with E-state index in [1.165, 1.54) is 19.3 Å². The van der Waals surface area contributed by atoms with Crippen LogP contribution in [-0.4, -0.2) is 5.78 Å². The third-order valence-corrected chi connectivity index (χ3v) is 7.48. The van der Waals surface area contributed by atoms with Gasteiger partial charge in [0.15, 0.2) is 0 Å². The molecule has 6 atom stereocenters. The SMILES string of the molecule is C[C@@H]1CCC(=O)[C@]23CC4[C@H](C[C@@]12C)[C@]4(C)C3. The molecule has 0 saturated heterocycles. The van der Waals surface area contributed by atoms with Crippen LogP contribution in [-0.2, 0) is 4.79 Å². The number of rotatable bonds is 0. The van der Waals surface area contributed by atoms with Crippen LogP contribution >= 0.6 is 0 Å². The van der Waals surface area contributed by atoms with Crippen LogP contribution in [0.2, 0.25) is 0 Å². The lowest BCUT2D eigenvalue weighted by Gasteiger charge is -2.58. The highest BCUT2D eigenvalue weighted by Gasteiger charge is 2.80. The summed E-state index contributed by atoms with van der Waals surface area (Å²) < 4.78 is 0. The largest absolute Gasteiger partial charge is 0.299 e. The number of hydrogen-bond donors (Lipinski definition) is 0. The highest BCUT2D eigenvalue weighted by molar-refractivity contribution is 5.88. The molecule has 1 unspecified atom stereocenters. The molecular weight excluding hydrogens is 196 g/mol. The minimum absolute atomic E-state index is 0.110. The minimum Gasteiger partial charge on any atom is -0.299 e. The van der Waals surface area contributed by atoms with Gasteiger partial charge in [-0.2, -0.15) is 0 Å². The fourth-order valence-electron chi connectivity index (χ4n) is 6.07. The lowest BCUT2D eigenvalue weighted by molar-refractivity contribution is -0.158. The second kappa shape index (κ2) is 2.28. The van der Waals surface area contributed by atoms with Crippen molar-refractivity contribution in [3.8, 4) is 0 Å². The molecule has 0 aromatic rings. The molecule has 0 heterocycles. The Bertz CT molecular complexity index is 400. The van der Waals surface area contributed by atoms with Gasteiger partial charge in [0.1, 0.15) is 5.78 Å². The van der Waals surface area contributed by atoms with E-state index in [1.54, 1.807) is 0 Å². The van der Waals surface area contributed by atoms with Crippen LogP contribution in [0.4, 0.5) is 0 Å². The number of ketones is 1. The van der Waals surface area contributed by atoms with E-state index in [0.717, 1.165) is 30.6 Å². The van der Waals surface area contributed by atoms with Gasteiger partial charge in [-0.25, -0.2) is 0 Å². The monoisotopic (exact) mass is 218 g/mol. The molecule has 1 nitrogen and oxygen atoms in total. The molecule has 0 aromatic heterocycles. The molecular formula is C15H22O. The molecule has 0 N–H and O–H groups in total. The molecule has 88 valence electrons. The van der Waals surface area contributed by atoms with Gasteiger partial charge in [-0.05, 0) is 54.3 Å². The van der Waals surface area contributed by atoms with E-state index in [1.807, 2.05) is 0 Å². The second-order valence-electron chi connectivity index (χ2n) is 7.67. The van der Waals surface area contributed by atoms with Crippen molar-refractivity contribution in [2.75, 3.05) is 0 Å². The average Bonchev–Trinajstić information content (AvgIpc) is 2.66.